The lowest BCUT2D eigenvalue weighted by atomic mass is 10.2. The first-order valence-corrected chi connectivity index (χ1v) is 7.64. The van der Waals surface area contributed by atoms with Crippen molar-refractivity contribution < 1.29 is 26.9 Å². The second kappa shape index (κ2) is 8.06. The van der Waals surface area contributed by atoms with Gasteiger partial charge in [0.15, 0.2) is 34.5 Å². The summed E-state index contributed by atoms with van der Waals surface area (Å²) in [5.74, 6) is 0.192. The number of anilines is 1. The summed E-state index contributed by atoms with van der Waals surface area (Å²) in [4.78, 5) is 24.9. The highest BCUT2D eigenvalue weighted by Crippen LogP contribution is 2.39. The van der Waals surface area contributed by atoms with Gasteiger partial charge in [0.05, 0.1) is 12.3 Å². The Labute approximate surface area is 142 Å². The minimum atomic E-state index is -0.473. The van der Waals surface area contributed by atoms with Gasteiger partial charge in [-0.25, -0.2) is 4.79 Å². The van der Waals surface area contributed by atoms with Crippen LogP contribution in [-0.4, -0.2) is 44.8 Å². The van der Waals surface area contributed by atoms with Crippen LogP contribution in [0.1, 0.15) is 6.92 Å². The lowest BCUT2D eigenvalue weighted by Gasteiger charge is -2.27. The van der Waals surface area contributed by atoms with Crippen molar-refractivity contribution >= 4 is 40.6 Å². The molecule has 22 heavy (non-hydrogen) atoms. The van der Waals surface area contributed by atoms with E-state index in [0.29, 0.717) is 30.4 Å². The van der Waals surface area contributed by atoms with E-state index < -0.39 is 11.9 Å². The SMILES string of the molecule is CCOC(=O)CN(CC(=O)OI)c1cccc2c1OCCO2. The van der Waals surface area contributed by atoms with Gasteiger partial charge in [0, 0.05) is 0 Å². The van der Waals surface area contributed by atoms with E-state index >= 15 is 0 Å². The number of esters is 1. The molecule has 0 aromatic heterocycles. The Kier molecular flexibility index (Phi) is 6.10. The van der Waals surface area contributed by atoms with Gasteiger partial charge < -0.3 is 22.2 Å². The number of hydrogen-bond acceptors (Lipinski definition) is 7. The Morgan fingerprint density at radius 1 is 1.23 bits per heavy atom. The number of ether oxygens (including phenoxy) is 3. The van der Waals surface area contributed by atoms with E-state index in [1.165, 1.54) is 23.0 Å². The Balaban J connectivity index is 2.27. The van der Waals surface area contributed by atoms with Crippen molar-refractivity contribution in [1.29, 1.82) is 0 Å². The fraction of sp³-hybridized carbons (Fsp3) is 0.429. The molecule has 0 unspecified atom stereocenters. The second-order valence-electron chi connectivity index (χ2n) is 4.41. The van der Waals surface area contributed by atoms with Gasteiger partial charge in [-0.3, -0.25) is 4.79 Å². The van der Waals surface area contributed by atoms with Crippen LogP contribution in [0, 0.1) is 0 Å². The summed E-state index contributed by atoms with van der Waals surface area (Å²) in [5, 5.41) is 0. The zero-order chi connectivity index (χ0) is 15.9. The minimum absolute atomic E-state index is 0.0839. The second-order valence-corrected chi connectivity index (χ2v) is 4.85. The molecule has 0 atom stereocenters. The zero-order valence-electron chi connectivity index (χ0n) is 12.0. The third kappa shape index (κ3) is 4.15. The van der Waals surface area contributed by atoms with Crippen LogP contribution in [0.15, 0.2) is 18.2 Å². The number of hydrogen-bond donors (Lipinski definition) is 0. The molecule has 0 radical (unpaired) electrons. The molecule has 0 saturated heterocycles. The van der Waals surface area contributed by atoms with E-state index in [0.717, 1.165) is 0 Å². The summed E-state index contributed by atoms with van der Waals surface area (Å²) in [6.45, 7) is 2.69. The summed E-state index contributed by atoms with van der Waals surface area (Å²) < 4.78 is 20.7. The molecule has 120 valence electrons. The van der Waals surface area contributed by atoms with Crippen LogP contribution in [0.5, 0.6) is 11.5 Å². The molecule has 1 aromatic rings. The standard InChI is InChI=1S/C14H16INO6/c1-2-19-12(17)8-16(9-13(18)22-15)10-4-3-5-11-14(10)21-7-6-20-11/h3-5H,2,6-9H2,1H3. The molecule has 8 heteroatoms. The quantitative estimate of drug-likeness (QED) is 0.512. The van der Waals surface area contributed by atoms with Crippen molar-refractivity contribution in [2.75, 3.05) is 37.8 Å². The van der Waals surface area contributed by atoms with Gasteiger partial charge in [-0.15, -0.1) is 0 Å². The van der Waals surface area contributed by atoms with Gasteiger partial charge in [-0.2, -0.15) is 0 Å². The van der Waals surface area contributed by atoms with E-state index in [9.17, 15) is 9.59 Å². The van der Waals surface area contributed by atoms with Crippen LogP contribution in [0.25, 0.3) is 0 Å². The molecule has 1 aliphatic rings. The summed E-state index contributed by atoms with van der Waals surface area (Å²) in [6.07, 6.45) is 0. The first kappa shape index (κ1) is 16.7. The lowest BCUT2D eigenvalue weighted by Crippen LogP contribution is -2.36. The minimum Gasteiger partial charge on any atom is -0.486 e. The van der Waals surface area contributed by atoms with E-state index in [4.69, 9.17) is 14.2 Å². The Morgan fingerprint density at radius 2 is 1.95 bits per heavy atom. The van der Waals surface area contributed by atoms with E-state index in [1.54, 1.807) is 30.0 Å². The molecule has 0 spiro atoms. The van der Waals surface area contributed by atoms with Gasteiger partial charge in [-0.1, -0.05) is 6.07 Å². The predicted octanol–water partition coefficient (Wildman–Crippen LogP) is 1.72. The van der Waals surface area contributed by atoms with Crippen LogP contribution >= 0.6 is 23.0 Å². The molecule has 1 heterocycles. The average molecular weight is 421 g/mol. The van der Waals surface area contributed by atoms with Gasteiger partial charge >= 0.3 is 11.9 Å². The summed E-state index contributed by atoms with van der Waals surface area (Å²) in [5.41, 5.74) is 0.590. The van der Waals surface area contributed by atoms with Gasteiger partial charge in [0.1, 0.15) is 26.3 Å². The molecule has 0 aliphatic carbocycles. The van der Waals surface area contributed by atoms with Crippen molar-refractivity contribution in [3.05, 3.63) is 18.2 Å². The predicted molar refractivity (Wildman–Crippen MR) is 86.4 cm³/mol. The fourth-order valence-corrected chi connectivity index (χ4v) is 2.22. The van der Waals surface area contributed by atoms with Crippen LogP contribution < -0.4 is 14.4 Å². The maximum atomic E-state index is 11.8. The van der Waals surface area contributed by atoms with Crippen LogP contribution in [0.3, 0.4) is 0 Å². The molecule has 0 saturated carbocycles. The van der Waals surface area contributed by atoms with Gasteiger partial charge in [0.2, 0.25) is 0 Å². The lowest BCUT2D eigenvalue weighted by molar-refractivity contribution is -0.141. The van der Waals surface area contributed by atoms with Crippen molar-refractivity contribution in [2.24, 2.45) is 0 Å². The summed E-state index contributed by atoms with van der Waals surface area (Å²) in [6, 6.07) is 5.31. The highest BCUT2D eigenvalue weighted by atomic mass is 127. The highest BCUT2D eigenvalue weighted by molar-refractivity contribution is 14.1. The van der Waals surface area contributed by atoms with Crippen molar-refractivity contribution in [2.45, 2.75) is 6.92 Å². The average Bonchev–Trinajstić information content (AvgIpc) is 2.53. The Bertz CT molecular complexity index is 550. The molecule has 0 fully saturated rings. The number of para-hydroxylation sites is 1. The van der Waals surface area contributed by atoms with Crippen LogP contribution in [0.4, 0.5) is 5.69 Å². The number of carbonyl (C=O) groups is 2. The topological polar surface area (TPSA) is 74.3 Å². The third-order valence-corrected chi connectivity index (χ3v) is 3.41. The molecule has 1 aromatic carbocycles. The maximum absolute atomic E-state index is 11.8. The number of rotatable bonds is 6. The number of halogens is 1. The van der Waals surface area contributed by atoms with Crippen LogP contribution in [-0.2, 0) is 17.4 Å². The first-order chi connectivity index (χ1) is 10.7. The molecule has 1 aliphatic heterocycles. The van der Waals surface area contributed by atoms with Crippen molar-refractivity contribution in [3.63, 3.8) is 0 Å². The molecule has 0 amide bonds. The molecule has 7 nitrogen and oxygen atoms in total. The van der Waals surface area contributed by atoms with Crippen LogP contribution in [0.2, 0.25) is 0 Å². The Morgan fingerprint density at radius 3 is 2.68 bits per heavy atom. The molecule has 0 N–H and O–H groups in total. The number of benzene rings is 1. The van der Waals surface area contributed by atoms with Crippen molar-refractivity contribution in [3.8, 4) is 11.5 Å². The highest BCUT2D eigenvalue weighted by Gasteiger charge is 2.24. The van der Waals surface area contributed by atoms with E-state index in [1.807, 2.05) is 0 Å². The largest absolute Gasteiger partial charge is 0.486 e. The van der Waals surface area contributed by atoms with Crippen molar-refractivity contribution in [1.82, 2.24) is 0 Å². The molecule has 2 rings (SSSR count). The smallest absolute Gasteiger partial charge is 0.334 e. The number of nitrogens with zero attached hydrogens (tertiary/aromatic N) is 1. The summed E-state index contributed by atoms with van der Waals surface area (Å²) in [7, 11) is 0. The normalized spacial score (nSPS) is 12.5. The number of carbonyl (C=O) groups excluding carboxylic acids is 2. The van der Waals surface area contributed by atoms with E-state index in [2.05, 4.69) is 3.07 Å². The van der Waals surface area contributed by atoms with Gasteiger partial charge in [0.25, 0.3) is 0 Å². The third-order valence-electron chi connectivity index (χ3n) is 2.92. The monoisotopic (exact) mass is 421 g/mol. The first-order valence-electron chi connectivity index (χ1n) is 6.76. The Hall–Kier alpha value is -1.71. The van der Waals surface area contributed by atoms with E-state index in [-0.39, 0.29) is 19.7 Å². The maximum Gasteiger partial charge on any atom is 0.334 e. The number of fused-ring (bicyclic) bond motifs is 1. The zero-order valence-corrected chi connectivity index (χ0v) is 14.2. The molecule has 0 bridgehead atoms. The molecular weight excluding hydrogens is 405 g/mol. The van der Waals surface area contributed by atoms with Gasteiger partial charge in [-0.05, 0) is 19.1 Å². The molecular formula is C14H16INO6. The summed E-state index contributed by atoms with van der Waals surface area (Å²) >= 11 is 1.51. The fourth-order valence-electron chi connectivity index (χ4n) is 2.08.